The van der Waals surface area contributed by atoms with Crippen LogP contribution in [-0.2, 0) is 4.74 Å². The van der Waals surface area contributed by atoms with Gasteiger partial charge in [-0.15, -0.1) is 0 Å². The maximum Gasteiger partial charge on any atom is 0.0818 e. The van der Waals surface area contributed by atoms with E-state index in [4.69, 9.17) is 4.74 Å². The van der Waals surface area contributed by atoms with Gasteiger partial charge in [0.05, 0.1) is 6.10 Å². The lowest BCUT2D eigenvalue weighted by Crippen LogP contribution is -2.25. The average Bonchev–Trinajstić information content (AvgIpc) is 2.90. The molecule has 1 unspecified atom stereocenters. The van der Waals surface area contributed by atoms with E-state index in [-0.39, 0.29) is 16.9 Å². The number of hydrogen-bond acceptors (Lipinski definition) is 1. The van der Waals surface area contributed by atoms with Gasteiger partial charge in [-0.25, -0.2) is 0 Å². The Kier molecular flexibility index (Phi) is 14.3. The van der Waals surface area contributed by atoms with Gasteiger partial charge in [0.15, 0.2) is 0 Å². The summed E-state index contributed by atoms with van der Waals surface area (Å²) in [4.78, 5) is 0. The molecule has 2 rings (SSSR count). The molecule has 2 aliphatic rings. The predicted octanol–water partition coefficient (Wildman–Crippen LogP) is 12.5. The second-order valence-electron chi connectivity index (χ2n) is 13.9. The fourth-order valence-corrected chi connectivity index (χ4v) is 6.36. The molecule has 0 heterocycles. The average molecular weight is 569 g/mol. The minimum atomic E-state index is 0.127. The molecule has 1 atom stereocenters. The summed E-state index contributed by atoms with van der Waals surface area (Å²) in [7, 11) is 1.84. The third kappa shape index (κ3) is 11.6. The summed E-state index contributed by atoms with van der Waals surface area (Å²) in [5.41, 5.74) is 11.8. The van der Waals surface area contributed by atoms with Crippen LogP contribution < -0.4 is 0 Å². The van der Waals surface area contributed by atoms with Gasteiger partial charge in [-0.1, -0.05) is 134 Å². The van der Waals surface area contributed by atoms with Crippen LogP contribution in [0, 0.1) is 10.8 Å². The predicted molar refractivity (Wildman–Crippen MR) is 188 cm³/mol. The van der Waals surface area contributed by atoms with Crippen LogP contribution in [0.15, 0.2) is 117 Å². The Hall–Kier alpha value is -2.64. The van der Waals surface area contributed by atoms with E-state index in [1.54, 1.807) is 16.7 Å². The van der Waals surface area contributed by atoms with Gasteiger partial charge in [-0.2, -0.15) is 0 Å². The molecule has 0 aliphatic heterocycles. The number of methoxy groups -OCH3 is 1. The SMILES string of the molecule is COC(CC1=C(C)CCCC1(C)C)/C(C)=C/C=C/C(C)=C/C=C/C=C(C)/C=C/C=C(C)/C=C/C1=C(C)CCCC1(C)C. The molecule has 42 heavy (non-hydrogen) atoms. The monoisotopic (exact) mass is 568 g/mol. The quantitative estimate of drug-likeness (QED) is 0.168. The second kappa shape index (κ2) is 16.9. The molecule has 0 aromatic rings. The van der Waals surface area contributed by atoms with E-state index in [0.717, 1.165) is 6.42 Å². The summed E-state index contributed by atoms with van der Waals surface area (Å²) in [6.07, 6.45) is 34.9. The van der Waals surface area contributed by atoms with Gasteiger partial charge in [0.2, 0.25) is 0 Å². The maximum absolute atomic E-state index is 5.92. The van der Waals surface area contributed by atoms with Gasteiger partial charge in [-0.3, -0.25) is 0 Å². The summed E-state index contributed by atoms with van der Waals surface area (Å²) in [5.74, 6) is 0. The van der Waals surface area contributed by atoms with Gasteiger partial charge in [0, 0.05) is 7.11 Å². The molecule has 0 aromatic heterocycles. The Balaban J connectivity index is 1.92. The first-order chi connectivity index (χ1) is 19.8. The van der Waals surface area contributed by atoms with Crippen LogP contribution in [0.2, 0.25) is 0 Å². The van der Waals surface area contributed by atoms with Gasteiger partial charge >= 0.3 is 0 Å². The molecule has 1 heteroatoms. The van der Waals surface area contributed by atoms with E-state index in [2.05, 4.69) is 142 Å². The number of rotatable bonds is 12. The van der Waals surface area contributed by atoms with Gasteiger partial charge in [0.25, 0.3) is 0 Å². The summed E-state index contributed by atoms with van der Waals surface area (Å²) in [6.45, 7) is 22.8. The zero-order valence-electron chi connectivity index (χ0n) is 28.9. The standard InChI is InChI=1S/C41H60O/c1-31(20-14-21-33(3)26-27-37-34(4)24-16-28-40(37,7)8)18-12-13-19-32(2)22-15-23-36(6)39(42-11)30-38-35(5)25-17-29-41(38,9)10/h12-15,18-23,26-27,39H,16-17,24-25,28-30H2,1-11H3/b13-12+,20-14+,22-15+,27-26+,31-18+,32-19+,33-21+,36-23+. The van der Waals surface area contributed by atoms with E-state index >= 15 is 0 Å². The molecule has 0 saturated carbocycles. The van der Waals surface area contributed by atoms with E-state index in [1.807, 2.05) is 7.11 Å². The molecule has 0 radical (unpaired) electrons. The molecule has 0 N–H and O–H groups in total. The minimum Gasteiger partial charge on any atom is -0.377 e. The van der Waals surface area contributed by atoms with E-state index < -0.39 is 0 Å². The summed E-state index contributed by atoms with van der Waals surface area (Å²) < 4.78 is 5.92. The van der Waals surface area contributed by atoms with Crippen molar-refractivity contribution >= 4 is 0 Å². The summed E-state index contributed by atoms with van der Waals surface area (Å²) in [5, 5.41) is 0. The van der Waals surface area contributed by atoms with Crippen molar-refractivity contribution in [1.82, 2.24) is 0 Å². The molecule has 1 nitrogen and oxygen atoms in total. The number of allylic oxidation sites excluding steroid dienone is 18. The third-order valence-electron chi connectivity index (χ3n) is 9.19. The van der Waals surface area contributed by atoms with Gasteiger partial charge in [-0.05, 0) is 108 Å². The van der Waals surface area contributed by atoms with Crippen molar-refractivity contribution in [2.45, 2.75) is 120 Å². The lowest BCUT2D eigenvalue weighted by atomic mass is 9.70. The molecule has 0 bridgehead atoms. The molecule has 0 aromatic carbocycles. The van der Waals surface area contributed by atoms with E-state index in [0.29, 0.717) is 0 Å². The first kappa shape index (κ1) is 35.6. The van der Waals surface area contributed by atoms with Crippen molar-refractivity contribution < 1.29 is 4.74 Å². The van der Waals surface area contributed by atoms with Crippen LogP contribution >= 0.6 is 0 Å². The number of ether oxygens (including phenoxy) is 1. The van der Waals surface area contributed by atoms with Crippen LogP contribution in [0.25, 0.3) is 0 Å². The first-order valence-corrected chi connectivity index (χ1v) is 16.1. The molecule has 230 valence electrons. The van der Waals surface area contributed by atoms with E-state index in [1.165, 1.54) is 66.4 Å². The zero-order chi connectivity index (χ0) is 31.3. The fourth-order valence-electron chi connectivity index (χ4n) is 6.36. The molecule has 0 saturated heterocycles. The zero-order valence-corrected chi connectivity index (χ0v) is 28.9. The highest BCUT2D eigenvalue weighted by Crippen LogP contribution is 2.43. The maximum atomic E-state index is 5.92. The van der Waals surface area contributed by atoms with Gasteiger partial charge < -0.3 is 4.74 Å². The van der Waals surface area contributed by atoms with Gasteiger partial charge in [0.1, 0.15) is 0 Å². The molecule has 0 amide bonds. The first-order valence-electron chi connectivity index (χ1n) is 16.1. The normalized spacial score (nSPS) is 22.1. The smallest absolute Gasteiger partial charge is 0.0818 e. The van der Waals surface area contributed by atoms with Crippen molar-refractivity contribution in [2.75, 3.05) is 7.11 Å². The Labute approximate surface area is 260 Å². The van der Waals surface area contributed by atoms with Crippen molar-refractivity contribution in [1.29, 1.82) is 0 Å². The Morgan fingerprint density at radius 1 is 0.690 bits per heavy atom. The topological polar surface area (TPSA) is 9.23 Å². The van der Waals surface area contributed by atoms with Crippen LogP contribution in [0.5, 0.6) is 0 Å². The molecule has 0 fully saturated rings. The lowest BCUT2D eigenvalue weighted by molar-refractivity contribution is 0.124. The lowest BCUT2D eigenvalue weighted by Gasteiger charge is -2.36. The molecular formula is C41H60O. The van der Waals surface area contributed by atoms with Crippen molar-refractivity contribution in [3.8, 4) is 0 Å². The Morgan fingerprint density at radius 2 is 1.19 bits per heavy atom. The minimum absolute atomic E-state index is 0.127. The molecule has 2 aliphatic carbocycles. The molecule has 0 spiro atoms. The van der Waals surface area contributed by atoms with Crippen LogP contribution in [0.3, 0.4) is 0 Å². The number of hydrogen-bond donors (Lipinski definition) is 0. The highest BCUT2D eigenvalue weighted by atomic mass is 16.5. The largest absolute Gasteiger partial charge is 0.377 e. The second-order valence-corrected chi connectivity index (χ2v) is 13.9. The van der Waals surface area contributed by atoms with Crippen molar-refractivity contribution in [3.63, 3.8) is 0 Å². The molecular weight excluding hydrogens is 508 g/mol. The van der Waals surface area contributed by atoms with Crippen molar-refractivity contribution in [2.24, 2.45) is 10.8 Å². The van der Waals surface area contributed by atoms with Crippen LogP contribution in [-0.4, -0.2) is 13.2 Å². The summed E-state index contributed by atoms with van der Waals surface area (Å²) in [6, 6.07) is 0. The Bertz CT molecular complexity index is 1220. The summed E-state index contributed by atoms with van der Waals surface area (Å²) >= 11 is 0. The van der Waals surface area contributed by atoms with Crippen molar-refractivity contribution in [3.05, 3.63) is 117 Å². The van der Waals surface area contributed by atoms with Crippen LogP contribution in [0.4, 0.5) is 0 Å². The third-order valence-corrected chi connectivity index (χ3v) is 9.19. The Morgan fingerprint density at radius 3 is 1.74 bits per heavy atom. The highest BCUT2D eigenvalue weighted by Gasteiger charge is 2.30. The fraction of sp³-hybridized carbons (Fsp3) is 0.512. The van der Waals surface area contributed by atoms with Crippen LogP contribution in [0.1, 0.15) is 114 Å². The highest BCUT2D eigenvalue weighted by molar-refractivity contribution is 5.37. The van der Waals surface area contributed by atoms with E-state index in [9.17, 15) is 0 Å².